The summed E-state index contributed by atoms with van der Waals surface area (Å²) < 4.78 is 26.7. The van der Waals surface area contributed by atoms with Gasteiger partial charge in [-0.15, -0.1) is 0 Å². The van der Waals surface area contributed by atoms with E-state index in [1.165, 1.54) is 0 Å². The van der Waals surface area contributed by atoms with E-state index in [2.05, 4.69) is 33.0 Å². The van der Waals surface area contributed by atoms with Crippen LogP contribution >= 0.6 is 0 Å². The van der Waals surface area contributed by atoms with Crippen molar-refractivity contribution in [2.45, 2.75) is 46.1 Å². The van der Waals surface area contributed by atoms with Crippen LogP contribution in [0.2, 0.25) is 0 Å². The molecule has 0 saturated heterocycles. The summed E-state index contributed by atoms with van der Waals surface area (Å²) in [6, 6.07) is 4.39. The Hall–Kier alpha value is -0.960. The van der Waals surface area contributed by atoms with Gasteiger partial charge in [0.25, 0.3) is 0 Å². The highest BCUT2D eigenvalue weighted by Gasteiger charge is 2.16. The second kappa shape index (κ2) is 6.28. The van der Waals surface area contributed by atoms with Crippen molar-refractivity contribution < 1.29 is 8.78 Å². The van der Waals surface area contributed by atoms with E-state index < -0.39 is 11.6 Å². The van der Waals surface area contributed by atoms with Gasteiger partial charge in [-0.05, 0) is 51.3 Å². The van der Waals surface area contributed by atoms with Crippen molar-refractivity contribution in [1.82, 2.24) is 5.32 Å². The lowest BCUT2D eigenvalue weighted by molar-refractivity contribution is 0.359. The van der Waals surface area contributed by atoms with E-state index in [9.17, 15) is 8.78 Å². The van der Waals surface area contributed by atoms with Crippen molar-refractivity contribution in [2.24, 2.45) is 5.92 Å². The minimum absolute atomic E-state index is 0.0495. The number of benzene rings is 1. The number of nitrogens with one attached hydrogen (secondary N) is 1. The van der Waals surface area contributed by atoms with E-state index in [1.54, 1.807) is 12.1 Å². The molecule has 102 valence electrons. The lowest BCUT2D eigenvalue weighted by atomic mass is 9.95. The number of rotatable bonds is 5. The van der Waals surface area contributed by atoms with Crippen LogP contribution in [0.15, 0.2) is 18.2 Å². The van der Waals surface area contributed by atoms with Crippen molar-refractivity contribution in [3.05, 3.63) is 35.4 Å². The van der Waals surface area contributed by atoms with Crippen molar-refractivity contribution in [1.29, 1.82) is 0 Å². The summed E-state index contributed by atoms with van der Waals surface area (Å²) in [6.07, 6.45) is 1.52. The topological polar surface area (TPSA) is 12.0 Å². The first-order valence-electron chi connectivity index (χ1n) is 6.51. The predicted octanol–water partition coefficient (Wildman–Crippen LogP) is 3.92. The fourth-order valence-corrected chi connectivity index (χ4v) is 1.83. The molecule has 0 saturated carbocycles. The molecule has 1 N–H and O–H groups in total. The molecule has 0 fully saturated rings. The van der Waals surface area contributed by atoms with Crippen LogP contribution in [0.4, 0.5) is 8.78 Å². The van der Waals surface area contributed by atoms with Gasteiger partial charge in [-0.25, -0.2) is 8.78 Å². The molecule has 0 spiro atoms. The van der Waals surface area contributed by atoms with Crippen LogP contribution in [0.5, 0.6) is 0 Å². The maximum Gasteiger partial charge on any atom is 0.162 e. The summed E-state index contributed by atoms with van der Waals surface area (Å²) in [5, 5.41) is 3.41. The third-order valence-electron chi connectivity index (χ3n) is 3.04. The highest BCUT2D eigenvalue weighted by atomic mass is 19.2. The Bertz CT molecular complexity index is 383. The minimum Gasteiger partial charge on any atom is -0.312 e. The van der Waals surface area contributed by atoms with Gasteiger partial charge in [0.05, 0.1) is 0 Å². The highest BCUT2D eigenvalue weighted by molar-refractivity contribution is 5.19. The molecule has 0 bridgehead atoms. The quantitative estimate of drug-likeness (QED) is 0.841. The molecule has 1 aromatic rings. The summed E-state index contributed by atoms with van der Waals surface area (Å²) >= 11 is 0. The molecule has 1 unspecified atom stereocenters. The van der Waals surface area contributed by atoms with Crippen LogP contribution < -0.4 is 5.32 Å². The zero-order valence-electron chi connectivity index (χ0n) is 11.7. The largest absolute Gasteiger partial charge is 0.312 e. The Morgan fingerprint density at radius 3 is 2.44 bits per heavy atom. The molecule has 0 aliphatic rings. The first-order valence-corrected chi connectivity index (χ1v) is 6.51. The molecule has 1 atom stereocenters. The molecule has 1 rings (SSSR count). The van der Waals surface area contributed by atoms with Crippen LogP contribution in [0, 0.1) is 17.6 Å². The molecule has 18 heavy (non-hydrogen) atoms. The van der Waals surface area contributed by atoms with Gasteiger partial charge in [0.2, 0.25) is 0 Å². The summed E-state index contributed by atoms with van der Waals surface area (Å²) in [7, 11) is 0. The Balaban J connectivity index is 2.65. The molecule has 1 aromatic carbocycles. The van der Waals surface area contributed by atoms with Crippen molar-refractivity contribution in [3.63, 3.8) is 0 Å². The third-order valence-corrected chi connectivity index (χ3v) is 3.04. The summed E-state index contributed by atoms with van der Waals surface area (Å²) in [5.41, 5.74) is 0.519. The van der Waals surface area contributed by atoms with Gasteiger partial charge in [-0.2, -0.15) is 0 Å². The lowest BCUT2D eigenvalue weighted by Gasteiger charge is -2.25. The van der Waals surface area contributed by atoms with Crippen LogP contribution in [0.25, 0.3) is 0 Å². The zero-order chi connectivity index (χ0) is 13.8. The maximum atomic E-state index is 13.6. The van der Waals surface area contributed by atoms with E-state index in [-0.39, 0.29) is 5.54 Å². The molecule has 1 nitrogen and oxygen atoms in total. The lowest BCUT2D eigenvalue weighted by Crippen LogP contribution is -2.39. The average Bonchev–Trinajstić information content (AvgIpc) is 2.28. The molecule has 0 aliphatic carbocycles. The second-order valence-corrected chi connectivity index (χ2v) is 5.82. The minimum atomic E-state index is -0.758. The summed E-state index contributed by atoms with van der Waals surface area (Å²) in [5.74, 6) is -1.14. The van der Waals surface area contributed by atoms with E-state index in [0.717, 1.165) is 19.0 Å². The molecule has 0 aliphatic heterocycles. The standard InChI is InChI=1S/C15H23F2N/c1-5-11(10-18-15(2,3)4)9-12-7-6-8-13(16)14(12)17/h6-8,11,18H,5,9-10H2,1-4H3. The van der Waals surface area contributed by atoms with Gasteiger partial charge in [0.1, 0.15) is 0 Å². The molecular formula is C15H23F2N. The third kappa shape index (κ3) is 4.73. The van der Waals surface area contributed by atoms with E-state index >= 15 is 0 Å². The predicted molar refractivity (Wildman–Crippen MR) is 71.6 cm³/mol. The van der Waals surface area contributed by atoms with Crippen molar-refractivity contribution >= 4 is 0 Å². The fraction of sp³-hybridized carbons (Fsp3) is 0.600. The fourth-order valence-electron chi connectivity index (χ4n) is 1.83. The summed E-state index contributed by atoms with van der Waals surface area (Å²) in [6.45, 7) is 9.19. The first kappa shape index (κ1) is 15.1. The van der Waals surface area contributed by atoms with Gasteiger partial charge < -0.3 is 5.32 Å². The number of hydrogen-bond acceptors (Lipinski definition) is 1. The van der Waals surface area contributed by atoms with Gasteiger partial charge in [0, 0.05) is 5.54 Å². The van der Waals surface area contributed by atoms with Gasteiger partial charge in [0.15, 0.2) is 11.6 Å². The van der Waals surface area contributed by atoms with Gasteiger partial charge in [-0.3, -0.25) is 0 Å². The van der Waals surface area contributed by atoms with Crippen LogP contribution in [0.3, 0.4) is 0 Å². The van der Waals surface area contributed by atoms with Gasteiger partial charge in [-0.1, -0.05) is 25.5 Å². The number of hydrogen-bond donors (Lipinski definition) is 1. The molecule has 0 heterocycles. The van der Waals surface area contributed by atoms with Gasteiger partial charge >= 0.3 is 0 Å². The van der Waals surface area contributed by atoms with Crippen LogP contribution in [-0.2, 0) is 6.42 Å². The maximum absolute atomic E-state index is 13.6. The molecule has 0 aromatic heterocycles. The Morgan fingerprint density at radius 2 is 1.89 bits per heavy atom. The second-order valence-electron chi connectivity index (χ2n) is 5.82. The smallest absolute Gasteiger partial charge is 0.162 e. The van der Waals surface area contributed by atoms with E-state index in [1.807, 2.05) is 0 Å². The van der Waals surface area contributed by atoms with Crippen molar-refractivity contribution in [2.75, 3.05) is 6.54 Å². The zero-order valence-corrected chi connectivity index (χ0v) is 11.7. The normalized spacial score (nSPS) is 13.7. The summed E-state index contributed by atoms with van der Waals surface area (Å²) in [4.78, 5) is 0. The SMILES string of the molecule is CCC(CNC(C)(C)C)Cc1cccc(F)c1F. The molecule has 0 amide bonds. The number of halogens is 2. The van der Waals surface area contributed by atoms with Crippen molar-refractivity contribution in [3.8, 4) is 0 Å². The van der Waals surface area contributed by atoms with Crippen LogP contribution in [-0.4, -0.2) is 12.1 Å². The monoisotopic (exact) mass is 255 g/mol. The Labute approximate surface area is 109 Å². The Kier molecular flexibility index (Phi) is 5.27. The van der Waals surface area contributed by atoms with E-state index in [0.29, 0.717) is 17.9 Å². The van der Waals surface area contributed by atoms with E-state index in [4.69, 9.17) is 0 Å². The van der Waals surface area contributed by atoms with Crippen LogP contribution in [0.1, 0.15) is 39.7 Å². The average molecular weight is 255 g/mol. The highest BCUT2D eigenvalue weighted by Crippen LogP contribution is 2.17. The molecule has 3 heteroatoms. The Morgan fingerprint density at radius 1 is 1.22 bits per heavy atom. The molecular weight excluding hydrogens is 232 g/mol. The molecule has 0 radical (unpaired) electrons. The first-order chi connectivity index (χ1) is 8.33.